The van der Waals surface area contributed by atoms with Gasteiger partial charge in [0.1, 0.15) is 5.69 Å². The fraction of sp³-hybridized carbons (Fsp3) is 0.667. The molecule has 0 aliphatic carbocycles. The first-order valence-corrected chi connectivity index (χ1v) is 6.02. The van der Waals surface area contributed by atoms with Crippen LogP contribution in [0.5, 0.6) is 5.88 Å². The number of aromatic nitrogens is 2. The van der Waals surface area contributed by atoms with Crippen LogP contribution in [-0.2, 0) is 6.54 Å². The summed E-state index contributed by atoms with van der Waals surface area (Å²) >= 11 is 0. The number of hydrogen-bond acceptors (Lipinski definition) is 5. The van der Waals surface area contributed by atoms with Crippen LogP contribution in [-0.4, -0.2) is 48.7 Å². The third-order valence-electron chi connectivity index (χ3n) is 3.08. The van der Waals surface area contributed by atoms with E-state index in [-0.39, 0.29) is 0 Å². The molecule has 0 radical (unpaired) electrons. The van der Waals surface area contributed by atoms with Gasteiger partial charge in [-0.15, -0.1) is 0 Å². The molecular formula is C12H20N4O. The maximum Gasteiger partial charge on any atom is 0.236 e. The molecule has 0 saturated carbocycles. The van der Waals surface area contributed by atoms with Crippen LogP contribution < -0.4 is 10.1 Å². The first kappa shape index (κ1) is 12.3. The monoisotopic (exact) mass is 236 g/mol. The van der Waals surface area contributed by atoms with Crippen molar-refractivity contribution >= 4 is 0 Å². The average Bonchev–Trinajstić information content (AvgIpc) is 2.82. The van der Waals surface area contributed by atoms with Crippen LogP contribution in [0.1, 0.15) is 12.1 Å². The Labute approximate surface area is 102 Å². The molecule has 1 fully saturated rings. The van der Waals surface area contributed by atoms with Gasteiger partial charge in [0.25, 0.3) is 0 Å². The second kappa shape index (κ2) is 5.93. The van der Waals surface area contributed by atoms with Crippen molar-refractivity contribution in [2.75, 3.05) is 33.8 Å². The Kier molecular flexibility index (Phi) is 4.28. The van der Waals surface area contributed by atoms with Gasteiger partial charge in [-0.25, -0.2) is 4.98 Å². The van der Waals surface area contributed by atoms with Crippen LogP contribution in [0, 0.1) is 5.92 Å². The number of nitrogens with one attached hydrogen (secondary N) is 1. The molecule has 2 heterocycles. The SMILES string of the molecule is COc1nccnc1CN(C)CC1CCNC1. The van der Waals surface area contributed by atoms with Crippen molar-refractivity contribution in [2.24, 2.45) is 5.92 Å². The van der Waals surface area contributed by atoms with Crippen molar-refractivity contribution in [3.63, 3.8) is 0 Å². The fourth-order valence-corrected chi connectivity index (χ4v) is 2.26. The van der Waals surface area contributed by atoms with Crippen molar-refractivity contribution in [1.29, 1.82) is 0 Å². The highest BCUT2D eigenvalue weighted by Gasteiger charge is 2.17. The van der Waals surface area contributed by atoms with E-state index in [1.165, 1.54) is 6.42 Å². The largest absolute Gasteiger partial charge is 0.480 e. The predicted molar refractivity (Wildman–Crippen MR) is 65.9 cm³/mol. The van der Waals surface area contributed by atoms with E-state index >= 15 is 0 Å². The van der Waals surface area contributed by atoms with Crippen LogP contribution in [0.25, 0.3) is 0 Å². The maximum absolute atomic E-state index is 5.20. The van der Waals surface area contributed by atoms with Crippen molar-refractivity contribution < 1.29 is 4.74 Å². The molecule has 0 bridgehead atoms. The molecule has 0 spiro atoms. The van der Waals surface area contributed by atoms with Gasteiger partial charge in [0.2, 0.25) is 5.88 Å². The summed E-state index contributed by atoms with van der Waals surface area (Å²) in [6.07, 6.45) is 4.63. The van der Waals surface area contributed by atoms with Gasteiger partial charge in [0.15, 0.2) is 0 Å². The first-order chi connectivity index (χ1) is 8.29. The molecule has 1 aliphatic heterocycles. The Morgan fingerprint density at radius 2 is 2.29 bits per heavy atom. The number of nitrogens with zero attached hydrogens (tertiary/aromatic N) is 3. The topological polar surface area (TPSA) is 50.3 Å². The van der Waals surface area contributed by atoms with Crippen LogP contribution in [0.15, 0.2) is 12.4 Å². The number of ether oxygens (including phenoxy) is 1. The fourth-order valence-electron chi connectivity index (χ4n) is 2.26. The molecule has 17 heavy (non-hydrogen) atoms. The van der Waals surface area contributed by atoms with E-state index < -0.39 is 0 Å². The minimum atomic E-state index is 0.629. The summed E-state index contributed by atoms with van der Waals surface area (Å²) in [5.74, 6) is 1.38. The average molecular weight is 236 g/mol. The summed E-state index contributed by atoms with van der Waals surface area (Å²) in [7, 11) is 3.75. The number of rotatable bonds is 5. The van der Waals surface area contributed by atoms with Gasteiger partial charge in [-0.2, -0.15) is 0 Å². The van der Waals surface area contributed by atoms with Gasteiger partial charge in [-0.1, -0.05) is 0 Å². The van der Waals surface area contributed by atoms with Crippen molar-refractivity contribution in [3.8, 4) is 5.88 Å². The Morgan fingerprint density at radius 3 is 3.00 bits per heavy atom. The molecule has 0 amide bonds. The molecule has 5 heteroatoms. The molecular weight excluding hydrogens is 216 g/mol. The molecule has 1 N–H and O–H groups in total. The van der Waals surface area contributed by atoms with Crippen LogP contribution in [0.3, 0.4) is 0 Å². The zero-order chi connectivity index (χ0) is 12.1. The Bertz CT molecular complexity index is 352. The molecule has 0 aromatic carbocycles. The molecule has 1 saturated heterocycles. The Hall–Kier alpha value is -1.20. The standard InChI is InChI=1S/C12H20N4O/c1-16(8-10-3-4-13-7-10)9-11-12(17-2)15-6-5-14-11/h5-6,10,13H,3-4,7-9H2,1-2H3. The minimum absolute atomic E-state index is 0.629. The molecule has 94 valence electrons. The van der Waals surface area contributed by atoms with Gasteiger partial charge in [-0.3, -0.25) is 4.98 Å². The summed E-state index contributed by atoms with van der Waals surface area (Å²) in [6, 6.07) is 0. The summed E-state index contributed by atoms with van der Waals surface area (Å²) < 4.78 is 5.20. The zero-order valence-corrected chi connectivity index (χ0v) is 10.5. The minimum Gasteiger partial charge on any atom is -0.480 e. The lowest BCUT2D eigenvalue weighted by atomic mass is 10.1. The van der Waals surface area contributed by atoms with Gasteiger partial charge in [0.05, 0.1) is 7.11 Å². The van der Waals surface area contributed by atoms with E-state index in [2.05, 4.69) is 27.2 Å². The highest BCUT2D eigenvalue weighted by molar-refractivity contribution is 5.16. The molecule has 2 rings (SSSR count). The van der Waals surface area contributed by atoms with Gasteiger partial charge >= 0.3 is 0 Å². The summed E-state index contributed by atoms with van der Waals surface area (Å²) in [5.41, 5.74) is 0.906. The quantitative estimate of drug-likeness (QED) is 0.808. The summed E-state index contributed by atoms with van der Waals surface area (Å²) in [6.45, 7) is 4.15. The smallest absolute Gasteiger partial charge is 0.236 e. The highest BCUT2D eigenvalue weighted by atomic mass is 16.5. The predicted octanol–water partition coefficient (Wildman–Crippen LogP) is 0.527. The molecule has 1 aliphatic rings. The number of methoxy groups -OCH3 is 1. The second-order valence-electron chi connectivity index (χ2n) is 4.57. The molecule has 1 aromatic rings. The number of hydrogen-bond donors (Lipinski definition) is 1. The van der Waals surface area contributed by atoms with Crippen molar-refractivity contribution in [2.45, 2.75) is 13.0 Å². The van der Waals surface area contributed by atoms with Crippen LogP contribution in [0.4, 0.5) is 0 Å². The normalized spacial score (nSPS) is 19.8. The third-order valence-corrected chi connectivity index (χ3v) is 3.08. The lowest BCUT2D eigenvalue weighted by Crippen LogP contribution is -2.27. The van der Waals surface area contributed by atoms with Crippen LogP contribution >= 0.6 is 0 Å². The summed E-state index contributed by atoms with van der Waals surface area (Å²) in [5, 5.41) is 3.38. The Morgan fingerprint density at radius 1 is 1.47 bits per heavy atom. The van der Waals surface area contributed by atoms with Crippen LogP contribution in [0.2, 0.25) is 0 Å². The van der Waals surface area contributed by atoms with E-state index in [1.54, 1.807) is 19.5 Å². The summed E-state index contributed by atoms with van der Waals surface area (Å²) in [4.78, 5) is 10.8. The highest BCUT2D eigenvalue weighted by Crippen LogP contribution is 2.15. The second-order valence-corrected chi connectivity index (χ2v) is 4.57. The molecule has 1 unspecified atom stereocenters. The van der Waals surface area contributed by atoms with E-state index in [9.17, 15) is 0 Å². The van der Waals surface area contributed by atoms with E-state index in [0.29, 0.717) is 5.88 Å². The zero-order valence-electron chi connectivity index (χ0n) is 10.5. The van der Waals surface area contributed by atoms with Gasteiger partial charge in [0, 0.05) is 25.5 Å². The lowest BCUT2D eigenvalue weighted by Gasteiger charge is -2.20. The van der Waals surface area contributed by atoms with Gasteiger partial charge in [-0.05, 0) is 32.5 Å². The maximum atomic E-state index is 5.20. The van der Waals surface area contributed by atoms with Crippen molar-refractivity contribution in [1.82, 2.24) is 20.2 Å². The third kappa shape index (κ3) is 3.38. The first-order valence-electron chi connectivity index (χ1n) is 6.02. The molecule has 1 aromatic heterocycles. The van der Waals surface area contributed by atoms with E-state index in [4.69, 9.17) is 4.74 Å². The van der Waals surface area contributed by atoms with E-state index in [0.717, 1.165) is 37.8 Å². The van der Waals surface area contributed by atoms with Gasteiger partial charge < -0.3 is 15.0 Å². The van der Waals surface area contributed by atoms with E-state index in [1.807, 2.05) is 0 Å². The molecule has 1 atom stereocenters. The lowest BCUT2D eigenvalue weighted by molar-refractivity contribution is 0.268. The Balaban J connectivity index is 1.90. The van der Waals surface area contributed by atoms with Crippen molar-refractivity contribution in [3.05, 3.63) is 18.1 Å². The molecule has 5 nitrogen and oxygen atoms in total.